The SMILES string of the molecule is C=C(C)C(=O)OCCCCCCCCCCCC(=O)O.COC. The summed E-state index contributed by atoms with van der Waals surface area (Å²) in [6.07, 6.45) is 10.00. The van der Waals surface area contributed by atoms with Gasteiger partial charge in [-0.25, -0.2) is 4.79 Å². The van der Waals surface area contributed by atoms with E-state index in [1.165, 1.54) is 25.7 Å². The molecule has 0 aromatic rings. The molecule has 0 atom stereocenters. The lowest BCUT2D eigenvalue weighted by molar-refractivity contribution is -0.139. The number of unbranched alkanes of at least 4 members (excludes halogenated alkanes) is 8. The highest BCUT2D eigenvalue weighted by molar-refractivity contribution is 5.86. The number of carbonyl (C=O) groups is 2. The molecule has 23 heavy (non-hydrogen) atoms. The number of esters is 1. The summed E-state index contributed by atoms with van der Waals surface area (Å²) in [6.45, 7) is 5.67. The van der Waals surface area contributed by atoms with Crippen LogP contribution in [0.2, 0.25) is 0 Å². The van der Waals surface area contributed by atoms with Crippen LogP contribution in [0.5, 0.6) is 0 Å². The van der Waals surface area contributed by atoms with Crippen LogP contribution in [0.1, 0.15) is 71.1 Å². The normalized spacial score (nSPS) is 9.70. The first kappa shape index (κ1) is 23.9. The number of carbonyl (C=O) groups excluding carboxylic acids is 1. The smallest absolute Gasteiger partial charge is 0.333 e. The Bertz CT molecular complexity index is 313. The van der Waals surface area contributed by atoms with E-state index in [9.17, 15) is 9.59 Å². The Kier molecular flexibility index (Phi) is 19.4. The fraction of sp³-hybridized carbons (Fsp3) is 0.778. The van der Waals surface area contributed by atoms with Crippen molar-refractivity contribution in [3.63, 3.8) is 0 Å². The summed E-state index contributed by atoms with van der Waals surface area (Å²) >= 11 is 0. The number of methoxy groups -OCH3 is 1. The van der Waals surface area contributed by atoms with Gasteiger partial charge in [-0.15, -0.1) is 0 Å². The fourth-order valence-corrected chi connectivity index (χ4v) is 1.90. The third-order valence-corrected chi connectivity index (χ3v) is 3.12. The lowest BCUT2D eigenvalue weighted by Gasteiger charge is -2.04. The summed E-state index contributed by atoms with van der Waals surface area (Å²) in [7, 11) is 3.25. The van der Waals surface area contributed by atoms with Gasteiger partial charge in [0.15, 0.2) is 0 Å². The summed E-state index contributed by atoms with van der Waals surface area (Å²) in [6, 6.07) is 0. The summed E-state index contributed by atoms with van der Waals surface area (Å²) in [5.41, 5.74) is 0.452. The van der Waals surface area contributed by atoms with E-state index in [1.807, 2.05) is 0 Å². The average molecular weight is 330 g/mol. The number of hydrogen-bond acceptors (Lipinski definition) is 4. The second-order valence-electron chi connectivity index (χ2n) is 5.65. The summed E-state index contributed by atoms with van der Waals surface area (Å²) in [4.78, 5) is 21.4. The number of rotatable bonds is 13. The molecule has 0 unspecified atom stereocenters. The van der Waals surface area contributed by atoms with Crippen molar-refractivity contribution < 1.29 is 24.2 Å². The predicted octanol–water partition coefficient (Wildman–Crippen LogP) is 4.35. The van der Waals surface area contributed by atoms with Gasteiger partial charge in [0, 0.05) is 26.2 Å². The Balaban J connectivity index is 0. The molecule has 0 spiro atoms. The Morgan fingerprint density at radius 3 is 1.65 bits per heavy atom. The maximum absolute atomic E-state index is 11.1. The van der Waals surface area contributed by atoms with Gasteiger partial charge in [-0.1, -0.05) is 51.5 Å². The van der Waals surface area contributed by atoms with E-state index in [1.54, 1.807) is 21.1 Å². The molecule has 1 N–H and O–H groups in total. The van der Waals surface area contributed by atoms with Gasteiger partial charge in [-0.05, 0) is 19.8 Å². The van der Waals surface area contributed by atoms with Crippen LogP contribution in [-0.4, -0.2) is 37.9 Å². The standard InChI is InChI=1S/C16H28O4.C2H6O/c1-14(2)16(19)20-13-11-9-7-5-3-4-6-8-10-12-15(17)18;1-3-2/h1,3-13H2,2H3,(H,17,18);1-2H3. The molecule has 0 rings (SSSR count). The van der Waals surface area contributed by atoms with Gasteiger partial charge in [0.05, 0.1) is 6.61 Å². The molecular formula is C18H34O5. The number of aliphatic carboxylic acids is 1. The van der Waals surface area contributed by atoms with Gasteiger partial charge in [0.2, 0.25) is 0 Å². The molecule has 0 radical (unpaired) electrons. The number of carboxylic acid groups (broad SMARTS) is 1. The van der Waals surface area contributed by atoms with Gasteiger partial charge >= 0.3 is 11.9 Å². The highest BCUT2D eigenvalue weighted by Crippen LogP contribution is 2.10. The van der Waals surface area contributed by atoms with Crippen molar-refractivity contribution >= 4 is 11.9 Å². The molecule has 5 heteroatoms. The van der Waals surface area contributed by atoms with E-state index < -0.39 is 5.97 Å². The average Bonchev–Trinajstić information content (AvgIpc) is 2.48. The molecule has 0 fully saturated rings. The Hall–Kier alpha value is -1.36. The minimum atomic E-state index is -0.697. The lowest BCUT2D eigenvalue weighted by Crippen LogP contribution is -2.05. The first-order chi connectivity index (χ1) is 11.0. The zero-order chi connectivity index (χ0) is 17.9. The van der Waals surface area contributed by atoms with Crippen LogP contribution in [0, 0.1) is 0 Å². The topological polar surface area (TPSA) is 72.8 Å². The van der Waals surface area contributed by atoms with E-state index in [2.05, 4.69) is 11.3 Å². The Morgan fingerprint density at radius 1 is 0.870 bits per heavy atom. The van der Waals surface area contributed by atoms with E-state index in [-0.39, 0.29) is 5.97 Å². The van der Waals surface area contributed by atoms with Crippen LogP contribution in [0.3, 0.4) is 0 Å². The summed E-state index contributed by atoms with van der Waals surface area (Å²) < 4.78 is 9.26. The molecule has 0 amide bonds. The Labute approximate surface area is 141 Å². The molecule has 0 aromatic heterocycles. The van der Waals surface area contributed by atoms with E-state index in [0.717, 1.165) is 32.1 Å². The molecule has 0 aliphatic heterocycles. The first-order valence-corrected chi connectivity index (χ1v) is 8.40. The Morgan fingerprint density at radius 2 is 1.26 bits per heavy atom. The molecule has 0 bridgehead atoms. The van der Waals surface area contributed by atoms with Crippen molar-refractivity contribution in [3.05, 3.63) is 12.2 Å². The van der Waals surface area contributed by atoms with E-state index in [0.29, 0.717) is 18.6 Å². The molecule has 0 aromatic carbocycles. The minimum Gasteiger partial charge on any atom is -0.481 e. The van der Waals surface area contributed by atoms with Crippen molar-refractivity contribution in [2.45, 2.75) is 71.1 Å². The number of carboxylic acids is 1. The second kappa shape index (κ2) is 18.7. The van der Waals surface area contributed by atoms with Gasteiger partial charge in [-0.2, -0.15) is 0 Å². The number of ether oxygens (including phenoxy) is 2. The van der Waals surface area contributed by atoms with E-state index >= 15 is 0 Å². The van der Waals surface area contributed by atoms with Crippen LogP contribution >= 0.6 is 0 Å². The van der Waals surface area contributed by atoms with Gasteiger partial charge in [0.25, 0.3) is 0 Å². The zero-order valence-electron chi connectivity index (χ0n) is 15.1. The quantitative estimate of drug-likeness (QED) is 0.309. The molecular weight excluding hydrogens is 296 g/mol. The molecule has 0 aliphatic rings. The fourth-order valence-electron chi connectivity index (χ4n) is 1.90. The second-order valence-corrected chi connectivity index (χ2v) is 5.65. The summed E-state index contributed by atoms with van der Waals surface area (Å²) in [5, 5.41) is 8.49. The maximum atomic E-state index is 11.1. The van der Waals surface area contributed by atoms with Crippen molar-refractivity contribution in [3.8, 4) is 0 Å². The van der Waals surface area contributed by atoms with Crippen molar-refractivity contribution in [1.29, 1.82) is 0 Å². The van der Waals surface area contributed by atoms with Gasteiger partial charge < -0.3 is 14.6 Å². The van der Waals surface area contributed by atoms with E-state index in [4.69, 9.17) is 9.84 Å². The number of hydrogen-bond donors (Lipinski definition) is 1. The van der Waals surface area contributed by atoms with Crippen LogP contribution in [0.15, 0.2) is 12.2 Å². The van der Waals surface area contributed by atoms with Crippen LogP contribution in [-0.2, 0) is 19.1 Å². The molecule has 0 aliphatic carbocycles. The lowest BCUT2D eigenvalue weighted by atomic mass is 10.1. The first-order valence-electron chi connectivity index (χ1n) is 8.40. The maximum Gasteiger partial charge on any atom is 0.333 e. The predicted molar refractivity (Wildman–Crippen MR) is 92.5 cm³/mol. The van der Waals surface area contributed by atoms with Gasteiger partial charge in [0.1, 0.15) is 0 Å². The highest BCUT2D eigenvalue weighted by Gasteiger charge is 2.01. The largest absolute Gasteiger partial charge is 0.481 e. The zero-order valence-corrected chi connectivity index (χ0v) is 15.1. The van der Waals surface area contributed by atoms with Crippen molar-refractivity contribution in [2.75, 3.05) is 20.8 Å². The van der Waals surface area contributed by atoms with Gasteiger partial charge in [-0.3, -0.25) is 4.79 Å². The molecule has 136 valence electrons. The van der Waals surface area contributed by atoms with Crippen molar-refractivity contribution in [1.82, 2.24) is 0 Å². The third kappa shape index (κ3) is 23.0. The van der Waals surface area contributed by atoms with Crippen LogP contribution < -0.4 is 0 Å². The highest BCUT2D eigenvalue weighted by atomic mass is 16.5. The van der Waals surface area contributed by atoms with Crippen LogP contribution in [0.4, 0.5) is 0 Å². The summed E-state index contributed by atoms with van der Waals surface area (Å²) in [5.74, 6) is -0.997. The molecule has 5 nitrogen and oxygen atoms in total. The molecule has 0 saturated heterocycles. The molecule has 0 saturated carbocycles. The van der Waals surface area contributed by atoms with Crippen molar-refractivity contribution in [2.24, 2.45) is 0 Å². The minimum absolute atomic E-state index is 0.295. The third-order valence-electron chi connectivity index (χ3n) is 3.12. The molecule has 0 heterocycles. The van der Waals surface area contributed by atoms with Crippen LogP contribution in [0.25, 0.3) is 0 Å². The monoisotopic (exact) mass is 330 g/mol.